The van der Waals surface area contributed by atoms with E-state index < -0.39 is 13.0 Å². The van der Waals surface area contributed by atoms with Crippen LogP contribution in [0.25, 0.3) is 0 Å². The fourth-order valence-corrected chi connectivity index (χ4v) is 1.87. The minimum Gasteiger partial charge on any atom is -0.321 e. The summed E-state index contributed by atoms with van der Waals surface area (Å²) in [5.74, 6) is 0. The van der Waals surface area contributed by atoms with Gasteiger partial charge >= 0.3 is 6.03 Å². The zero-order valence-electron chi connectivity index (χ0n) is 10.8. The molecule has 1 heterocycles. The second-order valence-electron chi connectivity index (χ2n) is 4.60. The maximum Gasteiger partial charge on any atom is 0.322 e. The lowest BCUT2D eigenvalue weighted by molar-refractivity contribution is 0.122. The van der Waals surface area contributed by atoms with Gasteiger partial charge in [0.2, 0.25) is 0 Å². The van der Waals surface area contributed by atoms with Crippen LogP contribution in [-0.4, -0.2) is 39.7 Å². The van der Waals surface area contributed by atoms with Crippen LogP contribution >= 0.6 is 0 Å². The van der Waals surface area contributed by atoms with Crippen LogP contribution in [0.5, 0.6) is 0 Å². The number of carbonyl (C=O) groups is 1. The van der Waals surface area contributed by atoms with Crippen molar-refractivity contribution in [3.8, 4) is 6.07 Å². The van der Waals surface area contributed by atoms with Gasteiger partial charge in [-0.1, -0.05) is 0 Å². The van der Waals surface area contributed by atoms with Crippen molar-refractivity contribution >= 4 is 11.7 Å². The van der Waals surface area contributed by atoms with E-state index in [1.807, 2.05) is 6.07 Å². The topological polar surface area (TPSA) is 74.0 Å². The fraction of sp³-hybridized carbons (Fsp3) is 0.583. The Morgan fingerprint density at radius 3 is 3.00 bits per heavy atom. The van der Waals surface area contributed by atoms with Crippen molar-refractivity contribution in [3.63, 3.8) is 0 Å². The zero-order chi connectivity index (χ0) is 14.5. The number of aromatic nitrogens is 2. The molecule has 1 aliphatic carbocycles. The zero-order valence-corrected chi connectivity index (χ0v) is 10.8. The van der Waals surface area contributed by atoms with E-state index >= 15 is 0 Å². The van der Waals surface area contributed by atoms with Gasteiger partial charge in [-0.15, -0.1) is 0 Å². The van der Waals surface area contributed by atoms with E-state index in [9.17, 15) is 13.6 Å². The molecule has 0 bridgehead atoms. The van der Waals surface area contributed by atoms with E-state index in [2.05, 4.69) is 10.4 Å². The molecule has 1 aliphatic rings. The predicted molar refractivity (Wildman–Crippen MR) is 67.2 cm³/mol. The average Bonchev–Trinajstić information content (AvgIpc) is 3.12. The van der Waals surface area contributed by atoms with Gasteiger partial charge in [-0.25, -0.2) is 13.6 Å². The minimum atomic E-state index is -2.49. The molecule has 0 radical (unpaired) electrons. The molecule has 6 nitrogen and oxygen atoms in total. The van der Waals surface area contributed by atoms with Gasteiger partial charge in [0.1, 0.15) is 6.54 Å². The third-order valence-electron chi connectivity index (χ3n) is 2.92. The summed E-state index contributed by atoms with van der Waals surface area (Å²) in [7, 11) is 0. The van der Waals surface area contributed by atoms with Gasteiger partial charge in [0.25, 0.3) is 6.43 Å². The Balaban J connectivity index is 1.92. The van der Waals surface area contributed by atoms with Crippen LogP contribution in [0, 0.1) is 11.3 Å². The predicted octanol–water partition coefficient (Wildman–Crippen LogP) is 2.06. The summed E-state index contributed by atoms with van der Waals surface area (Å²) in [6.45, 7) is -0.130. The Morgan fingerprint density at radius 1 is 1.65 bits per heavy atom. The van der Waals surface area contributed by atoms with Gasteiger partial charge in [-0.05, 0) is 12.8 Å². The number of anilines is 1. The first-order valence-corrected chi connectivity index (χ1v) is 6.35. The molecule has 8 heteroatoms. The number of carbonyl (C=O) groups excluding carboxylic acids is 1. The van der Waals surface area contributed by atoms with E-state index in [0.29, 0.717) is 12.2 Å². The Bertz CT molecular complexity index is 506. The quantitative estimate of drug-likeness (QED) is 0.868. The summed E-state index contributed by atoms with van der Waals surface area (Å²) in [5, 5.41) is 14.9. The lowest BCUT2D eigenvalue weighted by Crippen LogP contribution is -2.37. The normalized spacial score (nSPS) is 14.1. The number of nitrogens with one attached hydrogen (secondary N) is 1. The molecule has 0 spiro atoms. The molecule has 1 aromatic rings. The van der Waals surface area contributed by atoms with Crippen LogP contribution in [0.1, 0.15) is 19.3 Å². The molecule has 1 fully saturated rings. The molecule has 1 aromatic heterocycles. The van der Waals surface area contributed by atoms with Gasteiger partial charge in [0, 0.05) is 18.8 Å². The van der Waals surface area contributed by atoms with Crippen molar-refractivity contribution in [3.05, 3.63) is 12.4 Å². The maximum absolute atomic E-state index is 12.2. The van der Waals surface area contributed by atoms with Crippen LogP contribution < -0.4 is 5.32 Å². The molecule has 0 unspecified atom stereocenters. The van der Waals surface area contributed by atoms with Crippen LogP contribution in [0.4, 0.5) is 19.3 Å². The standard InChI is InChI=1S/C12H15F2N5O/c13-11(14)8-18-7-9(6-16-18)17-12(20)19(5-1-4-15)10-2-3-10/h6-7,10-11H,1-3,5,8H2,(H,17,20). The smallest absolute Gasteiger partial charge is 0.321 e. The van der Waals surface area contributed by atoms with Crippen LogP contribution in [0.3, 0.4) is 0 Å². The van der Waals surface area contributed by atoms with Crippen molar-refractivity contribution in [2.45, 2.75) is 38.3 Å². The lowest BCUT2D eigenvalue weighted by atomic mass is 10.4. The third-order valence-corrected chi connectivity index (χ3v) is 2.92. The molecule has 1 N–H and O–H groups in total. The van der Waals surface area contributed by atoms with Crippen molar-refractivity contribution in [1.82, 2.24) is 14.7 Å². The Hall–Kier alpha value is -2.17. The van der Waals surface area contributed by atoms with E-state index in [4.69, 9.17) is 5.26 Å². The number of amides is 2. The molecule has 108 valence electrons. The number of urea groups is 1. The van der Waals surface area contributed by atoms with Crippen LogP contribution in [-0.2, 0) is 6.54 Å². The fourth-order valence-electron chi connectivity index (χ4n) is 1.87. The highest BCUT2D eigenvalue weighted by molar-refractivity contribution is 5.89. The first-order valence-electron chi connectivity index (χ1n) is 6.35. The molecule has 20 heavy (non-hydrogen) atoms. The molecule has 2 amide bonds. The number of alkyl halides is 2. The summed E-state index contributed by atoms with van der Waals surface area (Å²) < 4.78 is 25.5. The third kappa shape index (κ3) is 3.91. The number of halogens is 2. The van der Waals surface area contributed by atoms with Gasteiger partial charge in [-0.2, -0.15) is 10.4 Å². The van der Waals surface area contributed by atoms with Gasteiger partial charge in [0.15, 0.2) is 0 Å². The number of hydrogen-bond donors (Lipinski definition) is 1. The molecule has 0 aliphatic heterocycles. The van der Waals surface area contributed by atoms with Gasteiger partial charge in [-0.3, -0.25) is 4.68 Å². The van der Waals surface area contributed by atoms with E-state index in [0.717, 1.165) is 17.5 Å². The van der Waals surface area contributed by atoms with Crippen molar-refractivity contribution in [2.75, 3.05) is 11.9 Å². The van der Waals surface area contributed by atoms with E-state index in [1.165, 1.54) is 12.4 Å². The first kappa shape index (κ1) is 14.2. The van der Waals surface area contributed by atoms with Gasteiger partial charge < -0.3 is 10.2 Å². The first-order chi connectivity index (χ1) is 9.60. The van der Waals surface area contributed by atoms with Crippen LogP contribution in [0.2, 0.25) is 0 Å². The van der Waals surface area contributed by atoms with Crippen molar-refractivity contribution < 1.29 is 13.6 Å². The lowest BCUT2D eigenvalue weighted by Gasteiger charge is -2.21. The monoisotopic (exact) mass is 283 g/mol. The van der Waals surface area contributed by atoms with Crippen molar-refractivity contribution in [2.24, 2.45) is 0 Å². The average molecular weight is 283 g/mol. The summed E-state index contributed by atoms with van der Waals surface area (Å²) in [4.78, 5) is 13.7. The van der Waals surface area contributed by atoms with E-state index in [-0.39, 0.29) is 18.5 Å². The molecule has 1 saturated carbocycles. The number of nitrogens with zero attached hydrogens (tertiary/aromatic N) is 4. The summed E-state index contributed by atoms with van der Waals surface area (Å²) >= 11 is 0. The summed E-state index contributed by atoms with van der Waals surface area (Å²) in [6.07, 6.45) is 2.34. The molecule has 0 aromatic carbocycles. The second-order valence-corrected chi connectivity index (χ2v) is 4.60. The maximum atomic E-state index is 12.2. The highest BCUT2D eigenvalue weighted by atomic mass is 19.3. The van der Waals surface area contributed by atoms with Gasteiger partial charge in [0.05, 0.1) is 24.4 Å². The van der Waals surface area contributed by atoms with Crippen molar-refractivity contribution in [1.29, 1.82) is 5.26 Å². The largest absolute Gasteiger partial charge is 0.322 e. The minimum absolute atomic E-state index is 0.180. The Labute approximate surface area is 115 Å². The summed E-state index contributed by atoms with van der Waals surface area (Å²) in [6, 6.07) is 1.86. The highest BCUT2D eigenvalue weighted by Crippen LogP contribution is 2.27. The molecular weight excluding hydrogens is 268 g/mol. The van der Waals surface area contributed by atoms with Crippen LogP contribution in [0.15, 0.2) is 12.4 Å². The number of nitriles is 1. The molecule has 2 rings (SSSR count). The Morgan fingerprint density at radius 2 is 2.40 bits per heavy atom. The Kier molecular flexibility index (Phi) is 4.50. The second kappa shape index (κ2) is 6.32. The number of hydrogen-bond acceptors (Lipinski definition) is 3. The SMILES string of the molecule is N#CCCN(C(=O)Nc1cnn(CC(F)F)c1)C1CC1. The highest BCUT2D eigenvalue weighted by Gasteiger charge is 2.32. The number of rotatable bonds is 6. The van der Waals surface area contributed by atoms with E-state index in [1.54, 1.807) is 4.90 Å². The molecule has 0 atom stereocenters. The molecule has 0 saturated heterocycles. The molecular formula is C12H15F2N5O. The summed E-state index contributed by atoms with van der Waals surface area (Å²) in [5.41, 5.74) is 0.373.